The quantitative estimate of drug-likeness (QED) is 0.667. The van der Waals surface area contributed by atoms with Crippen molar-refractivity contribution < 1.29 is 9.84 Å². The van der Waals surface area contributed by atoms with Crippen LogP contribution in [0.1, 0.15) is 26.7 Å². The number of ether oxygens (including phenoxy) is 1. The fourth-order valence-electron chi connectivity index (χ4n) is 2.30. The van der Waals surface area contributed by atoms with Gasteiger partial charge in [-0.15, -0.1) is 0 Å². The molecule has 0 aromatic heterocycles. The van der Waals surface area contributed by atoms with Crippen molar-refractivity contribution in [2.75, 3.05) is 39.5 Å². The lowest BCUT2D eigenvalue weighted by Gasteiger charge is -2.32. The number of rotatable bonds is 7. The predicted molar refractivity (Wildman–Crippen MR) is 65.6 cm³/mol. The summed E-state index contributed by atoms with van der Waals surface area (Å²) in [7, 11) is 0. The van der Waals surface area contributed by atoms with Gasteiger partial charge in [0.05, 0.1) is 13.2 Å². The van der Waals surface area contributed by atoms with Gasteiger partial charge in [-0.1, -0.05) is 6.92 Å². The summed E-state index contributed by atoms with van der Waals surface area (Å²) in [6, 6.07) is 1.04. The maximum absolute atomic E-state index is 8.85. The van der Waals surface area contributed by atoms with Crippen molar-refractivity contribution in [3.05, 3.63) is 0 Å². The molecule has 2 unspecified atom stereocenters. The van der Waals surface area contributed by atoms with E-state index in [9.17, 15) is 0 Å². The molecule has 0 bridgehead atoms. The zero-order chi connectivity index (χ0) is 11.8. The number of nitrogens with zero attached hydrogens (tertiary/aromatic N) is 1. The third-order valence-electron chi connectivity index (χ3n) is 3.26. The number of hydrogen-bond acceptors (Lipinski definition) is 4. The Hall–Kier alpha value is -0.160. The Morgan fingerprint density at radius 2 is 2.38 bits per heavy atom. The molecule has 0 amide bonds. The van der Waals surface area contributed by atoms with Crippen molar-refractivity contribution in [2.24, 2.45) is 0 Å². The SMILES string of the molecule is CCN(CCCO)C(C)CC1COCCN1. The lowest BCUT2D eigenvalue weighted by Crippen LogP contribution is -2.46. The summed E-state index contributed by atoms with van der Waals surface area (Å²) in [5.74, 6) is 0. The topological polar surface area (TPSA) is 44.7 Å². The van der Waals surface area contributed by atoms with Crippen LogP contribution in [0, 0.1) is 0 Å². The van der Waals surface area contributed by atoms with E-state index in [-0.39, 0.29) is 6.61 Å². The normalized spacial score (nSPS) is 23.6. The van der Waals surface area contributed by atoms with Crippen LogP contribution in [0.5, 0.6) is 0 Å². The molecule has 96 valence electrons. The molecule has 4 nitrogen and oxygen atoms in total. The van der Waals surface area contributed by atoms with E-state index in [0.717, 1.165) is 45.7 Å². The molecule has 0 radical (unpaired) electrons. The van der Waals surface area contributed by atoms with Gasteiger partial charge in [-0.3, -0.25) is 0 Å². The molecule has 0 aliphatic carbocycles. The van der Waals surface area contributed by atoms with Crippen LogP contribution in [0.3, 0.4) is 0 Å². The zero-order valence-electron chi connectivity index (χ0n) is 10.6. The molecule has 1 aliphatic rings. The van der Waals surface area contributed by atoms with Gasteiger partial charge in [-0.05, 0) is 26.3 Å². The van der Waals surface area contributed by atoms with Crippen molar-refractivity contribution in [3.8, 4) is 0 Å². The van der Waals surface area contributed by atoms with Crippen LogP contribution in [-0.2, 0) is 4.74 Å². The van der Waals surface area contributed by atoms with Gasteiger partial charge in [0.25, 0.3) is 0 Å². The minimum Gasteiger partial charge on any atom is -0.396 e. The standard InChI is InChI=1S/C12H26N2O2/c1-3-14(6-4-7-15)11(2)9-12-10-16-8-5-13-12/h11-13,15H,3-10H2,1-2H3. The van der Waals surface area contributed by atoms with Crippen molar-refractivity contribution >= 4 is 0 Å². The fraction of sp³-hybridized carbons (Fsp3) is 1.00. The molecule has 1 heterocycles. The molecular formula is C12H26N2O2. The maximum Gasteiger partial charge on any atom is 0.0620 e. The molecule has 2 atom stereocenters. The van der Waals surface area contributed by atoms with Gasteiger partial charge in [0.1, 0.15) is 0 Å². The first-order chi connectivity index (χ1) is 7.77. The summed E-state index contributed by atoms with van der Waals surface area (Å²) in [6.07, 6.45) is 1.99. The van der Waals surface area contributed by atoms with Crippen molar-refractivity contribution in [1.29, 1.82) is 0 Å². The summed E-state index contributed by atoms with van der Waals surface area (Å²) in [4.78, 5) is 2.42. The summed E-state index contributed by atoms with van der Waals surface area (Å²) >= 11 is 0. The smallest absolute Gasteiger partial charge is 0.0620 e. The molecule has 0 aromatic rings. The molecule has 0 spiro atoms. The highest BCUT2D eigenvalue weighted by Gasteiger charge is 2.19. The van der Waals surface area contributed by atoms with E-state index in [1.54, 1.807) is 0 Å². The molecular weight excluding hydrogens is 204 g/mol. The van der Waals surface area contributed by atoms with Gasteiger partial charge in [-0.2, -0.15) is 0 Å². The maximum atomic E-state index is 8.85. The number of aliphatic hydroxyl groups excluding tert-OH is 1. The summed E-state index contributed by atoms with van der Waals surface area (Å²) in [5.41, 5.74) is 0. The van der Waals surface area contributed by atoms with Crippen LogP contribution in [0.15, 0.2) is 0 Å². The average molecular weight is 230 g/mol. The van der Waals surface area contributed by atoms with Crippen LogP contribution in [0.4, 0.5) is 0 Å². The van der Waals surface area contributed by atoms with Gasteiger partial charge in [0, 0.05) is 31.8 Å². The van der Waals surface area contributed by atoms with E-state index >= 15 is 0 Å². The Labute approximate surface area is 99.0 Å². The van der Waals surface area contributed by atoms with Gasteiger partial charge >= 0.3 is 0 Å². The van der Waals surface area contributed by atoms with Crippen molar-refractivity contribution in [3.63, 3.8) is 0 Å². The molecule has 16 heavy (non-hydrogen) atoms. The molecule has 4 heteroatoms. The lowest BCUT2D eigenvalue weighted by molar-refractivity contribution is 0.0617. The van der Waals surface area contributed by atoms with Crippen molar-refractivity contribution in [2.45, 2.75) is 38.8 Å². The summed E-state index contributed by atoms with van der Waals surface area (Å²) < 4.78 is 5.46. The van der Waals surface area contributed by atoms with E-state index in [0.29, 0.717) is 12.1 Å². The molecule has 1 rings (SSSR count). The Kier molecular flexibility index (Phi) is 6.96. The lowest BCUT2D eigenvalue weighted by atomic mass is 10.1. The predicted octanol–water partition coefficient (Wildman–Crippen LogP) is 0.458. The fourth-order valence-corrected chi connectivity index (χ4v) is 2.30. The summed E-state index contributed by atoms with van der Waals surface area (Å²) in [5, 5.41) is 12.3. The van der Waals surface area contributed by atoms with E-state index in [1.165, 1.54) is 0 Å². The van der Waals surface area contributed by atoms with Crippen molar-refractivity contribution in [1.82, 2.24) is 10.2 Å². The average Bonchev–Trinajstić information content (AvgIpc) is 2.31. The largest absolute Gasteiger partial charge is 0.396 e. The van der Waals surface area contributed by atoms with Crippen LogP contribution >= 0.6 is 0 Å². The Bertz CT molecular complexity index is 172. The van der Waals surface area contributed by atoms with Crippen LogP contribution < -0.4 is 5.32 Å². The van der Waals surface area contributed by atoms with Crippen LogP contribution in [0.25, 0.3) is 0 Å². The Morgan fingerprint density at radius 1 is 1.56 bits per heavy atom. The number of hydrogen-bond donors (Lipinski definition) is 2. The van der Waals surface area contributed by atoms with E-state index in [1.807, 2.05) is 0 Å². The molecule has 1 fully saturated rings. The third-order valence-corrected chi connectivity index (χ3v) is 3.26. The monoisotopic (exact) mass is 230 g/mol. The highest BCUT2D eigenvalue weighted by molar-refractivity contribution is 4.77. The zero-order valence-corrected chi connectivity index (χ0v) is 10.6. The first kappa shape index (κ1) is 13.9. The minimum absolute atomic E-state index is 0.286. The second kappa shape index (κ2) is 8.01. The molecule has 0 aromatic carbocycles. The molecule has 0 saturated carbocycles. The first-order valence-electron chi connectivity index (χ1n) is 6.44. The third kappa shape index (κ3) is 4.78. The first-order valence-corrected chi connectivity index (χ1v) is 6.44. The van der Waals surface area contributed by atoms with Gasteiger partial charge < -0.3 is 20.1 Å². The highest BCUT2D eigenvalue weighted by Crippen LogP contribution is 2.09. The Morgan fingerprint density at radius 3 is 2.94 bits per heavy atom. The molecule has 1 saturated heterocycles. The van der Waals surface area contributed by atoms with E-state index in [2.05, 4.69) is 24.1 Å². The number of nitrogens with one attached hydrogen (secondary N) is 1. The number of aliphatic hydroxyl groups is 1. The van der Waals surface area contributed by atoms with E-state index < -0.39 is 0 Å². The molecule has 1 aliphatic heterocycles. The van der Waals surface area contributed by atoms with Gasteiger partial charge in [0.15, 0.2) is 0 Å². The Balaban J connectivity index is 2.26. The minimum atomic E-state index is 0.286. The second-order valence-electron chi connectivity index (χ2n) is 4.52. The second-order valence-corrected chi connectivity index (χ2v) is 4.52. The van der Waals surface area contributed by atoms with Crippen LogP contribution in [0.2, 0.25) is 0 Å². The summed E-state index contributed by atoms with van der Waals surface area (Å²) in [6.45, 7) is 9.41. The molecule has 2 N–H and O–H groups in total. The van der Waals surface area contributed by atoms with Gasteiger partial charge in [-0.25, -0.2) is 0 Å². The van der Waals surface area contributed by atoms with Crippen LogP contribution in [-0.4, -0.2) is 61.5 Å². The van der Waals surface area contributed by atoms with E-state index in [4.69, 9.17) is 9.84 Å². The van der Waals surface area contributed by atoms with Gasteiger partial charge in [0.2, 0.25) is 0 Å². The number of morpholine rings is 1. The highest BCUT2D eigenvalue weighted by atomic mass is 16.5.